The van der Waals surface area contributed by atoms with Gasteiger partial charge >= 0.3 is 6.03 Å². The SMILES string of the molecule is CCc1ccccc1NC(=O)N1CCn2c(C)nnc2C1. The van der Waals surface area contributed by atoms with E-state index in [1.165, 1.54) is 0 Å². The van der Waals surface area contributed by atoms with Crippen LogP contribution in [0, 0.1) is 6.92 Å². The summed E-state index contributed by atoms with van der Waals surface area (Å²) in [7, 11) is 0. The van der Waals surface area contributed by atoms with Crippen molar-refractivity contribution >= 4 is 11.7 Å². The first-order chi connectivity index (χ1) is 10.2. The number of rotatable bonds is 2. The maximum absolute atomic E-state index is 12.4. The molecule has 0 aliphatic carbocycles. The summed E-state index contributed by atoms with van der Waals surface area (Å²) in [4.78, 5) is 14.2. The number of aryl methyl sites for hydroxylation is 2. The van der Waals surface area contributed by atoms with Gasteiger partial charge in [-0.25, -0.2) is 4.79 Å². The van der Waals surface area contributed by atoms with Gasteiger partial charge in [0.05, 0.1) is 6.54 Å². The lowest BCUT2D eigenvalue weighted by molar-refractivity contribution is 0.195. The van der Waals surface area contributed by atoms with Crippen LogP contribution in [-0.4, -0.2) is 32.2 Å². The summed E-state index contributed by atoms with van der Waals surface area (Å²) in [5.74, 6) is 1.75. The molecule has 3 rings (SSSR count). The van der Waals surface area contributed by atoms with E-state index >= 15 is 0 Å². The summed E-state index contributed by atoms with van der Waals surface area (Å²) in [5.41, 5.74) is 2.02. The first-order valence-corrected chi connectivity index (χ1v) is 7.21. The van der Waals surface area contributed by atoms with Gasteiger partial charge in [0.1, 0.15) is 5.82 Å². The van der Waals surface area contributed by atoms with Crippen LogP contribution in [0.1, 0.15) is 24.1 Å². The van der Waals surface area contributed by atoms with Crippen molar-refractivity contribution in [2.75, 3.05) is 11.9 Å². The number of carbonyl (C=O) groups excluding carboxylic acids is 1. The van der Waals surface area contributed by atoms with E-state index in [1.54, 1.807) is 4.90 Å². The molecule has 0 unspecified atom stereocenters. The Morgan fingerprint density at radius 1 is 1.29 bits per heavy atom. The summed E-state index contributed by atoms with van der Waals surface area (Å²) < 4.78 is 2.06. The molecule has 0 saturated carbocycles. The van der Waals surface area contributed by atoms with Gasteiger partial charge in [0, 0.05) is 18.8 Å². The summed E-state index contributed by atoms with van der Waals surface area (Å²) in [6.45, 7) is 5.94. The minimum atomic E-state index is -0.0807. The van der Waals surface area contributed by atoms with Crippen LogP contribution in [-0.2, 0) is 19.5 Å². The van der Waals surface area contributed by atoms with Crippen LogP contribution in [0.15, 0.2) is 24.3 Å². The number of fused-ring (bicyclic) bond motifs is 1. The molecule has 1 aromatic heterocycles. The number of hydrogen-bond donors (Lipinski definition) is 1. The number of anilines is 1. The van der Waals surface area contributed by atoms with Gasteiger partial charge in [0.15, 0.2) is 5.82 Å². The van der Waals surface area contributed by atoms with Crippen LogP contribution in [0.2, 0.25) is 0 Å². The fraction of sp³-hybridized carbons (Fsp3) is 0.400. The highest BCUT2D eigenvalue weighted by Gasteiger charge is 2.23. The van der Waals surface area contributed by atoms with Crippen molar-refractivity contribution in [1.29, 1.82) is 0 Å². The number of nitrogens with one attached hydrogen (secondary N) is 1. The van der Waals surface area contributed by atoms with Crippen molar-refractivity contribution in [2.45, 2.75) is 33.4 Å². The van der Waals surface area contributed by atoms with Gasteiger partial charge in [-0.2, -0.15) is 0 Å². The average Bonchev–Trinajstić information content (AvgIpc) is 2.88. The van der Waals surface area contributed by atoms with E-state index in [4.69, 9.17) is 0 Å². The van der Waals surface area contributed by atoms with E-state index in [1.807, 2.05) is 31.2 Å². The maximum Gasteiger partial charge on any atom is 0.322 e. The van der Waals surface area contributed by atoms with Gasteiger partial charge in [-0.3, -0.25) is 0 Å². The van der Waals surface area contributed by atoms with Crippen LogP contribution in [0.3, 0.4) is 0 Å². The Labute approximate surface area is 123 Å². The van der Waals surface area contributed by atoms with E-state index in [2.05, 4.69) is 27.0 Å². The molecular formula is C15H19N5O. The van der Waals surface area contributed by atoms with Crippen LogP contribution >= 0.6 is 0 Å². The van der Waals surface area contributed by atoms with Crippen LogP contribution < -0.4 is 5.32 Å². The van der Waals surface area contributed by atoms with Gasteiger partial charge in [0.25, 0.3) is 0 Å². The molecule has 110 valence electrons. The molecule has 0 radical (unpaired) electrons. The van der Waals surface area contributed by atoms with Crippen molar-refractivity contribution in [3.8, 4) is 0 Å². The molecular weight excluding hydrogens is 266 g/mol. The molecule has 0 spiro atoms. The number of amides is 2. The van der Waals surface area contributed by atoms with Crippen molar-refractivity contribution in [3.63, 3.8) is 0 Å². The number of hydrogen-bond acceptors (Lipinski definition) is 3. The van der Waals surface area contributed by atoms with Crippen molar-refractivity contribution < 1.29 is 4.79 Å². The zero-order chi connectivity index (χ0) is 14.8. The quantitative estimate of drug-likeness (QED) is 0.920. The van der Waals surface area contributed by atoms with Crippen LogP contribution in [0.5, 0.6) is 0 Å². The largest absolute Gasteiger partial charge is 0.322 e. The monoisotopic (exact) mass is 285 g/mol. The predicted octanol–water partition coefficient (Wildman–Crippen LogP) is 2.20. The Morgan fingerprint density at radius 3 is 2.90 bits per heavy atom. The first-order valence-electron chi connectivity index (χ1n) is 7.21. The van der Waals surface area contributed by atoms with E-state index in [0.29, 0.717) is 13.1 Å². The summed E-state index contributed by atoms with van der Waals surface area (Å²) in [6, 6.07) is 7.81. The summed E-state index contributed by atoms with van der Waals surface area (Å²) in [6.07, 6.45) is 0.893. The highest BCUT2D eigenvalue weighted by Crippen LogP contribution is 2.18. The highest BCUT2D eigenvalue weighted by molar-refractivity contribution is 5.90. The van der Waals surface area contributed by atoms with Crippen molar-refractivity contribution in [1.82, 2.24) is 19.7 Å². The second-order valence-electron chi connectivity index (χ2n) is 5.18. The summed E-state index contributed by atoms with van der Waals surface area (Å²) in [5, 5.41) is 11.2. The van der Waals surface area contributed by atoms with Crippen molar-refractivity contribution in [2.24, 2.45) is 0 Å². The molecule has 6 heteroatoms. The van der Waals surface area contributed by atoms with Crippen LogP contribution in [0.25, 0.3) is 0 Å². The lowest BCUT2D eigenvalue weighted by atomic mass is 10.1. The number of urea groups is 1. The van der Waals surface area contributed by atoms with Gasteiger partial charge in [-0.05, 0) is 25.0 Å². The topological polar surface area (TPSA) is 63.1 Å². The zero-order valence-corrected chi connectivity index (χ0v) is 12.3. The normalized spacial score (nSPS) is 13.9. The molecule has 1 aromatic carbocycles. The Balaban J connectivity index is 1.72. The Kier molecular flexibility index (Phi) is 3.60. The molecule has 1 aliphatic rings. The first kappa shape index (κ1) is 13.6. The predicted molar refractivity (Wildman–Crippen MR) is 80.0 cm³/mol. The molecule has 1 N–H and O–H groups in total. The lowest BCUT2D eigenvalue weighted by Gasteiger charge is -2.28. The number of nitrogens with zero attached hydrogens (tertiary/aromatic N) is 4. The smallest absolute Gasteiger partial charge is 0.315 e. The molecule has 0 bridgehead atoms. The third kappa shape index (κ3) is 2.61. The molecule has 0 fully saturated rings. The van der Waals surface area contributed by atoms with E-state index in [-0.39, 0.29) is 6.03 Å². The molecule has 2 heterocycles. The Morgan fingerprint density at radius 2 is 2.10 bits per heavy atom. The molecule has 2 aromatic rings. The second kappa shape index (κ2) is 5.55. The Bertz CT molecular complexity index is 664. The minimum Gasteiger partial charge on any atom is -0.315 e. The summed E-state index contributed by atoms with van der Waals surface area (Å²) >= 11 is 0. The molecule has 6 nitrogen and oxygen atoms in total. The van der Waals surface area contributed by atoms with Gasteiger partial charge in [-0.1, -0.05) is 25.1 Å². The minimum absolute atomic E-state index is 0.0807. The fourth-order valence-electron chi connectivity index (χ4n) is 2.62. The number of aromatic nitrogens is 3. The zero-order valence-electron chi connectivity index (χ0n) is 12.3. The second-order valence-corrected chi connectivity index (χ2v) is 5.18. The average molecular weight is 285 g/mol. The fourth-order valence-corrected chi connectivity index (χ4v) is 2.62. The lowest BCUT2D eigenvalue weighted by Crippen LogP contribution is -2.41. The number of para-hydroxylation sites is 1. The maximum atomic E-state index is 12.4. The van der Waals surface area contributed by atoms with E-state index < -0.39 is 0 Å². The standard InChI is InChI=1S/C15H19N5O/c1-3-12-6-4-5-7-13(12)16-15(21)19-8-9-20-11(2)17-18-14(20)10-19/h4-7H,3,8-10H2,1-2H3,(H,16,21). The molecule has 21 heavy (non-hydrogen) atoms. The molecule has 0 atom stereocenters. The van der Waals surface area contributed by atoms with Gasteiger partial charge < -0.3 is 14.8 Å². The van der Waals surface area contributed by atoms with Gasteiger partial charge in [-0.15, -0.1) is 10.2 Å². The van der Waals surface area contributed by atoms with E-state index in [9.17, 15) is 4.79 Å². The molecule has 2 amide bonds. The third-order valence-electron chi connectivity index (χ3n) is 3.87. The molecule has 0 saturated heterocycles. The Hall–Kier alpha value is -2.37. The number of carbonyl (C=O) groups is 1. The third-order valence-corrected chi connectivity index (χ3v) is 3.87. The highest BCUT2D eigenvalue weighted by atomic mass is 16.2. The van der Waals surface area contributed by atoms with Gasteiger partial charge in [0.2, 0.25) is 0 Å². The van der Waals surface area contributed by atoms with E-state index in [0.717, 1.165) is 35.9 Å². The number of benzene rings is 1. The molecule has 1 aliphatic heterocycles. The van der Waals surface area contributed by atoms with Crippen molar-refractivity contribution in [3.05, 3.63) is 41.5 Å². The van der Waals surface area contributed by atoms with Crippen LogP contribution in [0.4, 0.5) is 10.5 Å².